The summed E-state index contributed by atoms with van der Waals surface area (Å²) in [6, 6.07) is 15.1. The van der Waals surface area contributed by atoms with Crippen LogP contribution in [0.3, 0.4) is 0 Å². The van der Waals surface area contributed by atoms with Gasteiger partial charge in [0.2, 0.25) is 5.91 Å². The first-order chi connectivity index (χ1) is 10.1. The first kappa shape index (κ1) is 15.4. The fourth-order valence-corrected chi connectivity index (χ4v) is 2.28. The Morgan fingerprint density at radius 3 is 2.52 bits per heavy atom. The molecule has 0 aliphatic carbocycles. The maximum absolute atomic E-state index is 12.0. The minimum Gasteiger partial charge on any atom is -0.399 e. The van der Waals surface area contributed by atoms with E-state index < -0.39 is 0 Å². The molecular formula is C17H19ClN2O. The number of para-hydroxylation sites is 1. The van der Waals surface area contributed by atoms with E-state index >= 15 is 0 Å². The van der Waals surface area contributed by atoms with Crippen molar-refractivity contribution < 1.29 is 4.79 Å². The van der Waals surface area contributed by atoms with Crippen molar-refractivity contribution in [2.45, 2.75) is 25.8 Å². The Morgan fingerprint density at radius 1 is 1.19 bits per heavy atom. The molecule has 3 nitrogen and oxygen atoms in total. The lowest BCUT2D eigenvalue weighted by Gasteiger charge is -2.14. The van der Waals surface area contributed by atoms with Gasteiger partial charge in [0.15, 0.2) is 0 Å². The molecular weight excluding hydrogens is 284 g/mol. The van der Waals surface area contributed by atoms with Crippen molar-refractivity contribution in [1.29, 1.82) is 0 Å². The smallest absolute Gasteiger partial charge is 0.220 e. The van der Waals surface area contributed by atoms with Crippen molar-refractivity contribution in [3.05, 3.63) is 64.7 Å². The molecule has 110 valence electrons. The second kappa shape index (κ2) is 7.14. The minimum absolute atomic E-state index is 0.0145. The molecule has 0 spiro atoms. The lowest BCUT2D eigenvalue weighted by molar-refractivity contribution is -0.121. The minimum atomic E-state index is -0.0390. The summed E-state index contributed by atoms with van der Waals surface area (Å²) in [7, 11) is 0. The Kier molecular flexibility index (Phi) is 5.23. The van der Waals surface area contributed by atoms with E-state index in [1.54, 1.807) is 0 Å². The Balaban J connectivity index is 1.87. The highest BCUT2D eigenvalue weighted by atomic mass is 35.5. The number of amides is 1. The molecule has 1 amide bonds. The number of hydrogen-bond donors (Lipinski definition) is 2. The van der Waals surface area contributed by atoms with Gasteiger partial charge in [0.1, 0.15) is 0 Å². The molecule has 2 aromatic carbocycles. The predicted molar refractivity (Wildman–Crippen MR) is 87.2 cm³/mol. The summed E-state index contributed by atoms with van der Waals surface area (Å²) in [5.74, 6) is 0.0145. The molecule has 1 atom stereocenters. The van der Waals surface area contributed by atoms with Crippen molar-refractivity contribution in [1.82, 2.24) is 5.32 Å². The summed E-state index contributed by atoms with van der Waals surface area (Å²) in [4.78, 5) is 12.0. The van der Waals surface area contributed by atoms with Crippen LogP contribution in [0.4, 0.5) is 5.69 Å². The SMILES string of the molecule is CC(NC(=O)CCc1ccccc1N)c1ccc(Cl)cc1. The fraction of sp³-hybridized carbons (Fsp3) is 0.235. The highest BCUT2D eigenvalue weighted by Crippen LogP contribution is 2.17. The van der Waals surface area contributed by atoms with E-state index in [2.05, 4.69) is 5.32 Å². The second-order valence-corrected chi connectivity index (χ2v) is 5.48. The van der Waals surface area contributed by atoms with Gasteiger partial charge in [-0.1, -0.05) is 41.9 Å². The third-order valence-electron chi connectivity index (χ3n) is 3.42. The standard InChI is InChI=1S/C17H19ClN2O/c1-12(13-6-9-15(18)10-7-13)20-17(21)11-8-14-4-2-3-5-16(14)19/h2-7,9-10,12H,8,11,19H2,1H3,(H,20,21). The number of rotatable bonds is 5. The lowest BCUT2D eigenvalue weighted by Crippen LogP contribution is -2.26. The largest absolute Gasteiger partial charge is 0.399 e. The maximum atomic E-state index is 12.0. The number of halogens is 1. The average Bonchev–Trinajstić information content (AvgIpc) is 2.47. The molecule has 0 aromatic heterocycles. The lowest BCUT2D eigenvalue weighted by atomic mass is 10.1. The van der Waals surface area contributed by atoms with Crippen LogP contribution in [0, 0.1) is 0 Å². The molecule has 0 aliphatic heterocycles. The summed E-state index contributed by atoms with van der Waals surface area (Å²) in [5.41, 5.74) is 8.64. The zero-order valence-corrected chi connectivity index (χ0v) is 12.7. The van der Waals surface area contributed by atoms with Gasteiger partial charge in [0, 0.05) is 17.1 Å². The first-order valence-corrected chi connectivity index (χ1v) is 7.32. The molecule has 21 heavy (non-hydrogen) atoms. The Bertz CT molecular complexity index is 610. The van der Waals surface area contributed by atoms with Gasteiger partial charge < -0.3 is 11.1 Å². The molecule has 1 unspecified atom stereocenters. The first-order valence-electron chi connectivity index (χ1n) is 6.94. The molecule has 0 fully saturated rings. The van der Waals surface area contributed by atoms with Crippen molar-refractivity contribution >= 4 is 23.2 Å². The Morgan fingerprint density at radius 2 is 1.86 bits per heavy atom. The monoisotopic (exact) mass is 302 g/mol. The van der Waals surface area contributed by atoms with Crippen LogP contribution in [0.2, 0.25) is 5.02 Å². The van der Waals surface area contributed by atoms with Gasteiger partial charge in [-0.15, -0.1) is 0 Å². The molecule has 0 radical (unpaired) electrons. The van der Waals surface area contributed by atoms with E-state index in [9.17, 15) is 4.79 Å². The van der Waals surface area contributed by atoms with Crippen LogP contribution in [0.15, 0.2) is 48.5 Å². The number of nitrogens with one attached hydrogen (secondary N) is 1. The van der Waals surface area contributed by atoms with E-state index in [0.29, 0.717) is 17.9 Å². The Hall–Kier alpha value is -2.00. The maximum Gasteiger partial charge on any atom is 0.220 e. The van der Waals surface area contributed by atoms with Gasteiger partial charge in [-0.2, -0.15) is 0 Å². The number of carbonyl (C=O) groups is 1. The molecule has 0 bridgehead atoms. The molecule has 2 aromatic rings. The number of carbonyl (C=O) groups excluding carboxylic acids is 1. The van der Waals surface area contributed by atoms with Gasteiger partial charge in [-0.3, -0.25) is 4.79 Å². The number of nitrogens with two attached hydrogens (primary N) is 1. The number of nitrogen functional groups attached to an aromatic ring is 1. The predicted octanol–water partition coefficient (Wildman–Crippen LogP) is 3.73. The molecule has 0 saturated heterocycles. The molecule has 2 rings (SSSR count). The third-order valence-corrected chi connectivity index (χ3v) is 3.68. The summed E-state index contributed by atoms with van der Waals surface area (Å²) >= 11 is 5.86. The normalized spacial score (nSPS) is 11.9. The third kappa shape index (κ3) is 4.50. The van der Waals surface area contributed by atoms with Crippen LogP contribution in [-0.4, -0.2) is 5.91 Å². The van der Waals surface area contributed by atoms with Crippen molar-refractivity contribution in [3.63, 3.8) is 0 Å². The quantitative estimate of drug-likeness (QED) is 0.827. The van der Waals surface area contributed by atoms with Crippen LogP contribution in [0.1, 0.15) is 30.5 Å². The molecule has 0 heterocycles. The van der Waals surface area contributed by atoms with Crippen LogP contribution in [0.25, 0.3) is 0 Å². The van der Waals surface area contributed by atoms with Gasteiger partial charge in [0.25, 0.3) is 0 Å². The highest BCUT2D eigenvalue weighted by molar-refractivity contribution is 6.30. The van der Waals surface area contributed by atoms with E-state index in [-0.39, 0.29) is 11.9 Å². The molecule has 3 N–H and O–H groups in total. The zero-order chi connectivity index (χ0) is 15.2. The second-order valence-electron chi connectivity index (χ2n) is 5.04. The number of aryl methyl sites for hydroxylation is 1. The van der Waals surface area contributed by atoms with Gasteiger partial charge in [0.05, 0.1) is 6.04 Å². The molecule has 4 heteroatoms. The Labute approximate surface area is 130 Å². The van der Waals surface area contributed by atoms with Crippen molar-refractivity contribution in [2.24, 2.45) is 0 Å². The van der Waals surface area contributed by atoms with Crippen LogP contribution in [0.5, 0.6) is 0 Å². The summed E-state index contributed by atoms with van der Waals surface area (Å²) in [6.45, 7) is 1.96. The van der Waals surface area contributed by atoms with E-state index in [1.807, 2.05) is 55.5 Å². The topological polar surface area (TPSA) is 55.1 Å². The summed E-state index contributed by atoms with van der Waals surface area (Å²) < 4.78 is 0. The van der Waals surface area contributed by atoms with E-state index in [1.165, 1.54) is 0 Å². The fourth-order valence-electron chi connectivity index (χ4n) is 2.16. The number of hydrogen-bond acceptors (Lipinski definition) is 2. The molecule has 0 saturated carbocycles. The summed E-state index contributed by atoms with van der Waals surface area (Å²) in [5, 5.41) is 3.67. The summed E-state index contributed by atoms with van der Waals surface area (Å²) in [6.07, 6.45) is 1.07. The van der Waals surface area contributed by atoms with Crippen molar-refractivity contribution in [3.8, 4) is 0 Å². The van der Waals surface area contributed by atoms with E-state index in [0.717, 1.165) is 16.8 Å². The average molecular weight is 303 g/mol. The van der Waals surface area contributed by atoms with Gasteiger partial charge in [-0.25, -0.2) is 0 Å². The van der Waals surface area contributed by atoms with Crippen LogP contribution >= 0.6 is 11.6 Å². The molecule has 0 aliphatic rings. The highest BCUT2D eigenvalue weighted by Gasteiger charge is 2.10. The number of benzene rings is 2. The van der Waals surface area contributed by atoms with Gasteiger partial charge >= 0.3 is 0 Å². The van der Waals surface area contributed by atoms with Crippen molar-refractivity contribution in [2.75, 3.05) is 5.73 Å². The van der Waals surface area contributed by atoms with Gasteiger partial charge in [-0.05, 0) is 42.7 Å². The zero-order valence-electron chi connectivity index (χ0n) is 12.0. The number of anilines is 1. The van der Waals surface area contributed by atoms with Crippen LogP contribution < -0.4 is 11.1 Å². The van der Waals surface area contributed by atoms with E-state index in [4.69, 9.17) is 17.3 Å². The van der Waals surface area contributed by atoms with Crippen LogP contribution in [-0.2, 0) is 11.2 Å².